The number of hydrogen-bond donors (Lipinski definition) is 2. The average molecular weight is 226 g/mol. The van der Waals surface area contributed by atoms with E-state index < -0.39 is 11.2 Å². The van der Waals surface area contributed by atoms with Crippen molar-refractivity contribution < 1.29 is 0 Å². The standard InChI is InChI=1S/C9H8ClN3O2/c1-2-4-3-5-7(11-6(4)10)12-9(15)13-8(5)14/h3H,2H2,1H3,(H2,11,12,13,14,15). The molecule has 0 aliphatic rings. The van der Waals surface area contributed by atoms with Gasteiger partial charge in [-0.3, -0.25) is 14.8 Å². The van der Waals surface area contributed by atoms with E-state index in [4.69, 9.17) is 11.6 Å². The quantitative estimate of drug-likeness (QED) is 0.706. The van der Waals surface area contributed by atoms with Gasteiger partial charge in [0.05, 0.1) is 5.39 Å². The number of fused-ring (bicyclic) bond motifs is 1. The Balaban J connectivity index is 2.94. The van der Waals surface area contributed by atoms with E-state index in [1.807, 2.05) is 6.92 Å². The van der Waals surface area contributed by atoms with Crippen molar-refractivity contribution in [3.05, 3.63) is 37.6 Å². The molecule has 0 saturated carbocycles. The van der Waals surface area contributed by atoms with Gasteiger partial charge in [-0.25, -0.2) is 9.78 Å². The van der Waals surface area contributed by atoms with Gasteiger partial charge >= 0.3 is 5.69 Å². The maximum Gasteiger partial charge on any atom is 0.327 e. The number of aryl methyl sites for hydroxylation is 1. The van der Waals surface area contributed by atoms with E-state index >= 15 is 0 Å². The van der Waals surface area contributed by atoms with Crippen molar-refractivity contribution in [1.29, 1.82) is 0 Å². The lowest BCUT2D eigenvalue weighted by Crippen LogP contribution is -2.22. The first-order valence-electron chi connectivity index (χ1n) is 4.43. The third-order valence-electron chi connectivity index (χ3n) is 2.13. The van der Waals surface area contributed by atoms with Crippen molar-refractivity contribution >= 4 is 22.6 Å². The van der Waals surface area contributed by atoms with Crippen LogP contribution in [-0.4, -0.2) is 15.0 Å². The molecule has 2 aromatic rings. The number of halogens is 1. The lowest BCUT2D eigenvalue weighted by atomic mass is 10.2. The van der Waals surface area contributed by atoms with Crippen molar-refractivity contribution in [2.24, 2.45) is 0 Å². The van der Waals surface area contributed by atoms with Crippen LogP contribution in [-0.2, 0) is 6.42 Å². The minimum Gasteiger partial charge on any atom is -0.291 e. The summed E-state index contributed by atoms with van der Waals surface area (Å²) in [7, 11) is 0. The molecule has 0 saturated heterocycles. The molecule has 0 unspecified atom stereocenters. The average Bonchev–Trinajstić information content (AvgIpc) is 2.16. The van der Waals surface area contributed by atoms with E-state index in [0.29, 0.717) is 17.0 Å². The second kappa shape index (κ2) is 3.51. The van der Waals surface area contributed by atoms with E-state index in [9.17, 15) is 9.59 Å². The Labute approximate surface area is 89.1 Å². The van der Waals surface area contributed by atoms with Crippen LogP contribution in [0.2, 0.25) is 5.15 Å². The predicted octanol–water partition coefficient (Wildman–Crippen LogP) is 0.827. The summed E-state index contributed by atoms with van der Waals surface area (Å²) in [6.45, 7) is 1.91. The molecule has 0 fully saturated rings. The van der Waals surface area contributed by atoms with Crippen LogP contribution in [0.1, 0.15) is 12.5 Å². The molecule has 5 nitrogen and oxygen atoms in total. The first-order valence-corrected chi connectivity index (χ1v) is 4.81. The normalized spacial score (nSPS) is 10.8. The highest BCUT2D eigenvalue weighted by atomic mass is 35.5. The molecule has 0 amide bonds. The highest BCUT2D eigenvalue weighted by Gasteiger charge is 2.06. The van der Waals surface area contributed by atoms with E-state index in [-0.39, 0.29) is 5.65 Å². The van der Waals surface area contributed by atoms with Gasteiger partial charge in [0.2, 0.25) is 0 Å². The monoisotopic (exact) mass is 225 g/mol. The molecule has 2 aromatic heterocycles. The molecule has 0 bridgehead atoms. The van der Waals surface area contributed by atoms with Gasteiger partial charge < -0.3 is 0 Å². The summed E-state index contributed by atoms with van der Waals surface area (Å²) < 4.78 is 0. The maximum absolute atomic E-state index is 11.4. The minimum absolute atomic E-state index is 0.214. The minimum atomic E-state index is -0.583. The van der Waals surface area contributed by atoms with Gasteiger partial charge in [0, 0.05) is 0 Å². The van der Waals surface area contributed by atoms with E-state index in [1.165, 1.54) is 0 Å². The smallest absolute Gasteiger partial charge is 0.291 e. The van der Waals surface area contributed by atoms with Crippen LogP contribution < -0.4 is 11.2 Å². The summed E-state index contributed by atoms with van der Waals surface area (Å²) in [5.41, 5.74) is -0.0411. The Bertz CT molecular complexity index is 629. The first kappa shape index (κ1) is 9.92. The van der Waals surface area contributed by atoms with Gasteiger partial charge in [-0.05, 0) is 18.1 Å². The second-order valence-electron chi connectivity index (χ2n) is 3.10. The summed E-state index contributed by atoms with van der Waals surface area (Å²) in [6, 6.07) is 1.64. The van der Waals surface area contributed by atoms with Crippen LogP contribution in [0.3, 0.4) is 0 Å². The van der Waals surface area contributed by atoms with Crippen LogP contribution in [0, 0.1) is 0 Å². The molecule has 15 heavy (non-hydrogen) atoms. The number of nitrogens with zero attached hydrogens (tertiary/aromatic N) is 1. The van der Waals surface area contributed by atoms with Crippen molar-refractivity contribution in [2.45, 2.75) is 13.3 Å². The Morgan fingerprint density at radius 3 is 2.80 bits per heavy atom. The Hall–Kier alpha value is -1.62. The number of nitrogens with one attached hydrogen (secondary N) is 2. The molecule has 2 N–H and O–H groups in total. The zero-order chi connectivity index (χ0) is 11.0. The molecule has 0 spiro atoms. The number of aromatic nitrogens is 3. The molecule has 0 atom stereocenters. The maximum atomic E-state index is 11.4. The van der Waals surface area contributed by atoms with Gasteiger partial charge in [-0.1, -0.05) is 18.5 Å². The number of aromatic amines is 2. The Morgan fingerprint density at radius 1 is 1.40 bits per heavy atom. The molecule has 0 aromatic carbocycles. The van der Waals surface area contributed by atoms with Gasteiger partial charge in [0.1, 0.15) is 10.8 Å². The lowest BCUT2D eigenvalue weighted by molar-refractivity contribution is 1.04. The first-order chi connectivity index (χ1) is 7.11. The summed E-state index contributed by atoms with van der Waals surface area (Å²) in [5.74, 6) is 0. The van der Waals surface area contributed by atoms with Crippen LogP contribution in [0.4, 0.5) is 0 Å². The zero-order valence-electron chi connectivity index (χ0n) is 7.93. The van der Waals surface area contributed by atoms with Crippen LogP contribution >= 0.6 is 11.6 Å². The van der Waals surface area contributed by atoms with Crippen LogP contribution in [0.25, 0.3) is 11.0 Å². The fraction of sp³-hybridized carbons (Fsp3) is 0.222. The molecule has 2 rings (SSSR count). The SMILES string of the molecule is CCc1cc2c(=O)[nH]c(=O)[nH]c2nc1Cl. The van der Waals surface area contributed by atoms with E-state index in [1.54, 1.807) is 6.07 Å². The zero-order valence-corrected chi connectivity index (χ0v) is 8.68. The summed E-state index contributed by atoms with van der Waals surface area (Å²) >= 11 is 5.86. The van der Waals surface area contributed by atoms with E-state index in [2.05, 4.69) is 15.0 Å². The molecule has 78 valence electrons. The lowest BCUT2D eigenvalue weighted by Gasteiger charge is -2.01. The fourth-order valence-electron chi connectivity index (χ4n) is 1.36. The van der Waals surface area contributed by atoms with Crippen molar-refractivity contribution in [3.8, 4) is 0 Å². The van der Waals surface area contributed by atoms with E-state index in [0.717, 1.165) is 5.56 Å². The molecule has 0 radical (unpaired) electrons. The van der Waals surface area contributed by atoms with Gasteiger partial charge in [-0.15, -0.1) is 0 Å². The third kappa shape index (κ3) is 1.66. The highest BCUT2D eigenvalue weighted by molar-refractivity contribution is 6.30. The predicted molar refractivity (Wildman–Crippen MR) is 57.4 cm³/mol. The van der Waals surface area contributed by atoms with Crippen LogP contribution in [0.15, 0.2) is 15.7 Å². The van der Waals surface area contributed by atoms with Gasteiger partial charge in [0.25, 0.3) is 5.56 Å². The number of H-pyrrole nitrogens is 2. The van der Waals surface area contributed by atoms with Gasteiger partial charge in [-0.2, -0.15) is 0 Å². The fourth-order valence-corrected chi connectivity index (χ4v) is 1.63. The van der Waals surface area contributed by atoms with Crippen molar-refractivity contribution in [2.75, 3.05) is 0 Å². The molecular weight excluding hydrogens is 218 g/mol. The topological polar surface area (TPSA) is 78.6 Å². The molecule has 0 aliphatic carbocycles. The van der Waals surface area contributed by atoms with Crippen molar-refractivity contribution in [1.82, 2.24) is 15.0 Å². The largest absolute Gasteiger partial charge is 0.327 e. The summed E-state index contributed by atoms with van der Waals surface area (Å²) in [4.78, 5) is 30.9. The molecule has 0 aliphatic heterocycles. The second-order valence-corrected chi connectivity index (χ2v) is 3.45. The summed E-state index contributed by atoms with van der Waals surface area (Å²) in [5, 5.41) is 0.655. The molecular formula is C9H8ClN3O2. The van der Waals surface area contributed by atoms with Gasteiger partial charge in [0.15, 0.2) is 0 Å². The summed E-state index contributed by atoms with van der Waals surface area (Å²) in [6.07, 6.45) is 0.681. The highest BCUT2D eigenvalue weighted by Crippen LogP contribution is 2.16. The Kier molecular flexibility index (Phi) is 2.32. The molecule has 2 heterocycles. The number of pyridine rings is 1. The van der Waals surface area contributed by atoms with Crippen molar-refractivity contribution in [3.63, 3.8) is 0 Å². The molecule has 6 heteroatoms. The third-order valence-corrected chi connectivity index (χ3v) is 2.46. The number of hydrogen-bond acceptors (Lipinski definition) is 3. The Morgan fingerprint density at radius 2 is 2.13 bits per heavy atom. The van der Waals surface area contributed by atoms with Crippen LogP contribution in [0.5, 0.6) is 0 Å². The number of rotatable bonds is 1.